The molecule has 1 heterocycles. The Morgan fingerprint density at radius 1 is 1.47 bits per heavy atom. The quantitative estimate of drug-likeness (QED) is 0.464. The van der Waals surface area contributed by atoms with E-state index in [2.05, 4.69) is 5.92 Å². The summed E-state index contributed by atoms with van der Waals surface area (Å²) < 4.78 is 37.9. The van der Waals surface area contributed by atoms with Crippen LogP contribution in [0.2, 0.25) is 0 Å². The average Bonchev–Trinajstić information content (AvgIpc) is 2.42. The van der Waals surface area contributed by atoms with Gasteiger partial charge in [0.1, 0.15) is 0 Å². The molecular weight excluding hydrogens is 237 g/mol. The molecule has 0 aliphatic carbocycles. The summed E-state index contributed by atoms with van der Waals surface area (Å²) in [6, 6.07) is -1.04. The Hall–Kier alpha value is -1.71. The summed E-state index contributed by atoms with van der Waals surface area (Å²) in [5, 5.41) is 1.66. The first-order chi connectivity index (χ1) is 7.74. The standard InChI is InChI=1S/C10H11F3N2O2/c1-3-4-5-6-15-7(16)9(2,10(11,12)13)14-8(15)17/h1H,4-6H2,2H3,(H,14,17). The molecule has 1 aliphatic heterocycles. The van der Waals surface area contributed by atoms with Crippen molar-refractivity contribution in [2.75, 3.05) is 6.54 Å². The van der Waals surface area contributed by atoms with E-state index in [1.54, 1.807) is 5.32 Å². The highest BCUT2D eigenvalue weighted by atomic mass is 19.4. The number of unbranched alkanes of at least 4 members (excludes halogenated alkanes) is 1. The van der Waals surface area contributed by atoms with Gasteiger partial charge in [-0.3, -0.25) is 9.69 Å². The van der Waals surface area contributed by atoms with Crippen molar-refractivity contribution in [1.82, 2.24) is 10.2 Å². The second-order valence-electron chi connectivity index (χ2n) is 3.82. The van der Waals surface area contributed by atoms with Crippen molar-refractivity contribution in [1.29, 1.82) is 0 Å². The number of nitrogens with one attached hydrogen (secondary N) is 1. The minimum atomic E-state index is -4.82. The van der Waals surface area contributed by atoms with Gasteiger partial charge in [-0.1, -0.05) is 0 Å². The highest BCUT2D eigenvalue weighted by molar-refractivity contribution is 6.07. The van der Waals surface area contributed by atoms with Crippen LogP contribution in [-0.4, -0.2) is 35.1 Å². The van der Waals surface area contributed by atoms with Crippen molar-refractivity contribution in [2.24, 2.45) is 0 Å². The topological polar surface area (TPSA) is 49.4 Å². The number of carbonyl (C=O) groups is 2. The number of alkyl halides is 3. The first-order valence-electron chi connectivity index (χ1n) is 4.88. The predicted molar refractivity (Wildman–Crippen MR) is 52.8 cm³/mol. The highest BCUT2D eigenvalue weighted by Gasteiger charge is 2.64. The Balaban J connectivity index is 2.83. The lowest BCUT2D eigenvalue weighted by molar-refractivity contribution is -0.191. The molecule has 0 radical (unpaired) electrons. The fourth-order valence-electron chi connectivity index (χ4n) is 1.43. The Morgan fingerprint density at radius 2 is 2.06 bits per heavy atom. The minimum Gasteiger partial charge on any atom is -0.316 e. The van der Waals surface area contributed by atoms with Crippen LogP contribution < -0.4 is 5.32 Å². The summed E-state index contributed by atoms with van der Waals surface area (Å²) in [5.74, 6) is 0.995. The number of terminal acetylenes is 1. The van der Waals surface area contributed by atoms with Crippen LogP contribution in [0.15, 0.2) is 0 Å². The molecule has 94 valence electrons. The van der Waals surface area contributed by atoms with Gasteiger partial charge in [0.25, 0.3) is 5.91 Å². The molecule has 1 saturated heterocycles. The first kappa shape index (κ1) is 13.4. The lowest BCUT2D eigenvalue weighted by atomic mass is 10.0. The van der Waals surface area contributed by atoms with Crippen molar-refractivity contribution < 1.29 is 22.8 Å². The highest BCUT2D eigenvalue weighted by Crippen LogP contribution is 2.35. The number of imide groups is 1. The molecule has 1 N–H and O–H groups in total. The van der Waals surface area contributed by atoms with Gasteiger partial charge in [0, 0.05) is 13.0 Å². The third-order valence-electron chi connectivity index (χ3n) is 2.54. The molecule has 3 amide bonds. The molecule has 1 unspecified atom stereocenters. The van der Waals surface area contributed by atoms with E-state index in [0.29, 0.717) is 18.2 Å². The van der Waals surface area contributed by atoms with E-state index in [-0.39, 0.29) is 13.0 Å². The molecule has 0 aromatic rings. The van der Waals surface area contributed by atoms with E-state index in [9.17, 15) is 22.8 Å². The maximum atomic E-state index is 12.6. The molecule has 0 aromatic carbocycles. The van der Waals surface area contributed by atoms with Gasteiger partial charge in [0.2, 0.25) is 5.54 Å². The molecule has 1 rings (SSSR count). The molecule has 0 aromatic heterocycles. The fourth-order valence-corrected chi connectivity index (χ4v) is 1.43. The van der Waals surface area contributed by atoms with Crippen LogP contribution in [0, 0.1) is 12.3 Å². The monoisotopic (exact) mass is 248 g/mol. The average molecular weight is 248 g/mol. The first-order valence-corrected chi connectivity index (χ1v) is 4.88. The fraction of sp³-hybridized carbons (Fsp3) is 0.600. The Kier molecular flexibility index (Phi) is 3.36. The van der Waals surface area contributed by atoms with Gasteiger partial charge in [-0.2, -0.15) is 13.2 Å². The van der Waals surface area contributed by atoms with Crippen LogP contribution in [0.3, 0.4) is 0 Å². The van der Waals surface area contributed by atoms with Gasteiger partial charge < -0.3 is 5.32 Å². The number of urea groups is 1. The summed E-state index contributed by atoms with van der Waals surface area (Å²) in [6.45, 7) is 0.537. The summed E-state index contributed by atoms with van der Waals surface area (Å²) in [5.41, 5.74) is -2.83. The van der Waals surface area contributed by atoms with E-state index in [1.165, 1.54) is 0 Å². The van der Waals surface area contributed by atoms with Gasteiger partial charge in [-0.05, 0) is 13.3 Å². The van der Waals surface area contributed by atoms with Gasteiger partial charge >= 0.3 is 12.2 Å². The van der Waals surface area contributed by atoms with E-state index < -0.39 is 23.7 Å². The van der Waals surface area contributed by atoms with E-state index in [1.807, 2.05) is 0 Å². The van der Waals surface area contributed by atoms with Gasteiger partial charge in [-0.15, -0.1) is 12.3 Å². The molecule has 0 spiro atoms. The number of hydrogen-bond acceptors (Lipinski definition) is 2. The van der Waals surface area contributed by atoms with Crippen LogP contribution >= 0.6 is 0 Å². The van der Waals surface area contributed by atoms with Crippen molar-refractivity contribution in [3.05, 3.63) is 0 Å². The third-order valence-corrected chi connectivity index (χ3v) is 2.54. The normalized spacial score (nSPS) is 24.8. The van der Waals surface area contributed by atoms with Crippen molar-refractivity contribution in [2.45, 2.75) is 31.5 Å². The molecule has 7 heteroatoms. The summed E-state index contributed by atoms with van der Waals surface area (Å²) >= 11 is 0. The maximum Gasteiger partial charge on any atom is 0.420 e. The third kappa shape index (κ3) is 2.20. The molecule has 1 atom stereocenters. The van der Waals surface area contributed by atoms with Crippen LogP contribution in [0.25, 0.3) is 0 Å². The molecule has 0 bridgehead atoms. The SMILES string of the molecule is C#CCCCN1C(=O)NC(C)(C(F)(F)F)C1=O. The van der Waals surface area contributed by atoms with Crippen molar-refractivity contribution >= 4 is 11.9 Å². The lowest BCUT2D eigenvalue weighted by Crippen LogP contribution is -2.56. The number of carbonyl (C=O) groups excluding carboxylic acids is 2. The molecular formula is C10H11F3N2O2. The van der Waals surface area contributed by atoms with Gasteiger partial charge in [0.15, 0.2) is 0 Å². The minimum absolute atomic E-state index is 0.111. The van der Waals surface area contributed by atoms with Crippen LogP contribution in [0.1, 0.15) is 19.8 Å². The Labute approximate surface area is 96.1 Å². The van der Waals surface area contributed by atoms with Crippen molar-refractivity contribution in [3.63, 3.8) is 0 Å². The van der Waals surface area contributed by atoms with E-state index in [4.69, 9.17) is 6.42 Å². The Morgan fingerprint density at radius 3 is 2.47 bits per heavy atom. The van der Waals surface area contributed by atoms with Crippen LogP contribution in [0.5, 0.6) is 0 Å². The Bertz CT molecular complexity index is 386. The second kappa shape index (κ2) is 4.28. The zero-order valence-corrected chi connectivity index (χ0v) is 9.10. The maximum absolute atomic E-state index is 12.6. The second-order valence-corrected chi connectivity index (χ2v) is 3.82. The largest absolute Gasteiger partial charge is 0.420 e. The van der Waals surface area contributed by atoms with E-state index in [0.717, 1.165) is 0 Å². The molecule has 4 nitrogen and oxygen atoms in total. The van der Waals surface area contributed by atoms with Crippen LogP contribution in [0.4, 0.5) is 18.0 Å². The number of rotatable bonds is 3. The predicted octanol–water partition coefficient (Wildman–Crippen LogP) is 1.27. The number of amides is 3. The van der Waals surface area contributed by atoms with Crippen molar-refractivity contribution in [3.8, 4) is 12.3 Å². The smallest absolute Gasteiger partial charge is 0.316 e. The summed E-state index contributed by atoms with van der Waals surface area (Å²) in [6.07, 6.45) is 0.725. The number of hydrogen-bond donors (Lipinski definition) is 1. The molecule has 17 heavy (non-hydrogen) atoms. The summed E-state index contributed by atoms with van der Waals surface area (Å²) in [7, 11) is 0. The summed E-state index contributed by atoms with van der Waals surface area (Å²) in [4.78, 5) is 23.4. The molecule has 1 aliphatic rings. The van der Waals surface area contributed by atoms with Gasteiger partial charge in [0.05, 0.1) is 0 Å². The number of nitrogens with zero attached hydrogens (tertiary/aromatic N) is 1. The zero-order valence-electron chi connectivity index (χ0n) is 9.10. The molecule has 0 saturated carbocycles. The number of halogens is 3. The zero-order chi connectivity index (χ0) is 13.3. The van der Waals surface area contributed by atoms with Crippen LogP contribution in [-0.2, 0) is 4.79 Å². The molecule has 1 fully saturated rings. The van der Waals surface area contributed by atoms with E-state index >= 15 is 0 Å². The van der Waals surface area contributed by atoms with Gasteiger partial charge in [-0.25, -0.2) is 4.79 Å². The lowest BCUT2D eigenvalue weighted by Gasteiger charge is -2.24.